The standard InChI is InChI=1S/C26H25NO6/c1-31-23-13-12-18(16-24(23)32-2)22(28)17-26(30)20-10-6-7-11-21(20)27(25(26)29)14-15-33-19-8-4-3-5-9-19/h3-13,16,30H,14-15,17H2,1-2H3/t26-/m0/s1. The molecule has 4 rings (SSSR count). The van der Waals surface area contributed by atoms with E-state index in [0.717, 1.165) is 0 Å². The Kier molecular flexibility index (Phi) is 6.33. The first kappa shape index (κ1) is 22.4. The Balaban J connectivity index is 1.55. The number of ether oxygens (including phenoxy) is 3. The molecule has 7 heteroatoms. The van der Waals surface area contributed by atoms with Crippen LogP contribution in [0.5, 0.6) is 17.2 Å². The number of ketones is 1. The molecule has 33 heavy (non-hydrogen) atoms. The third-order valence-corrected chi connectivity index (χ3v) is 5.69. The van der Waals surface area contributed by atoms with Crippen LogP contribution in [0.25, 0.3) is 0 Å². The van der Waals surface area contributed by atoms with Crippen molar-refractivity contribution in [3.05, 3.63) is 83.9 Å². The second-order valence-corrected chi connectivity index (χ2v) is 7.67. The van der Waals surface area contributed by atoms with Crippen LogP contribution in [0.2, 0.25) is 0 Å². The van der Waals surface area contributed by atoms with Crippen molar-refractivity contribution in [2.75, 3.05) is 32.3 Å². The number of hydrogen-bond acceptors (Lipinski definition) is 6. The molecule has 170 valence electrons. The lowest BCUT2D eigenvalue weighted by Crippen LogP contribution is -2.43. The molecular formula is C26H25NO6. The molecule has 0 fully saturated rings. The van der Waals surface area contributed by atoms with Crippen LogP contribution in [0.3, 0.4) is 0 Å². The zero-order valence-corrected chi connectivity index (χ0v) is 18.5. The van der Waals surface area contributed by atoms with Crippen LogP contribution in [-0.2, 0) is 10.4 Å². The summed E-state index contributed by atoms with van der Waals surface area (Å²) in [5.41, 5.74) is -0.671. The number of carbonyl (C=O) groups excluding carboxylic acids is 2. The van der Waals surface area contributed by atoms with Crippen molar-refractivity contribution in [2.24, 2.45) is 0 Å². The SMILES string of the molecule is COc1ccc(C(=O)C[C@@]2(O)C(=O)N(CCOc3ccccc3)c3ccccc32)cc1OC. The Hall–Kier alpha value is -3.84. The van der Waals surface area contributed by atoms with Gasteiger partial charge in [-0.2, -0.15) is 0 Å². The second kappa shape index (κ2) is 9.34. The van der Waals surface area contributed by atoms with Crippen molar-refractivity contribution in [1.29, 1.82) is 0 Å². The number of nitrogens with zero attached hydrogens (tertiary/aromatic N) is 1. The first-order valence-corrected chi connectivity index (χ1v) is 10.5. The van der Waals surface area contributed by atoms with Gasteiger partial charge in [-0.1, -0.05) is 36.4 Å². The molecule has 0 spiro atoms. The Morgan fingerprint density at radius 3 is 2.36 bits per heavy atom. The van der Waals surface area contributed by atoms with Crippen LogP contribution in [0, 0.1) is 0 Å². The van der Waals surface area contributed by atoms with Gasteiger partial charge in [-0.05, 0) is 36.4 Å². The average Bonchev–Trinajstić information content (AvgIpc) is 3.06. The summed E-state index contributed by atoms with van der Waals surface area (Å²) in [6.45, 7) is 0.474. The van der Waals surface area contributed by atoms with E-state index in [2.05, 4.69) is 0 Å². The number of methoxy groups -OCH3 is 2. The van der Waals surface area contributed by atoms with Gasteiger partial charge in [0.25, 0.3) is 5.91 Å². The van der Waals surface area contributed by atoms with E-state index in [0.29, 0.717) is 34.1 Å². The van der Waals surface area contributed by atoms with Crippen molar-refractivity contribution < 1.29 is 28.9 Å². The summed E-state index contributed by atoms with van der Waals surface area (Å²) in [7, 11) is 2.98. The molecule has 7 nitrogen and oxygen atoms in total. The van der Waals surface area contributed by atoms with Gasteiger partial charge in [-0.3, -0.25) is 9.59 Å². The third-order valence-electron chi connectivity index (χ3n) is 5.69. The van der Waals surface area contributed by atoms with Crippen molar-refractivity contribution in [3.8, 4) is 17.2 Å². The van der Waals surface area contributed by atoms with E-state index in [-0.39, 0.29) is 18.9 Å². The molecule has 0 radical (unpaired) electrons. The Bertz CT molecular complexity index is 1160. The summed E-state index contributed by atoms with van der Waals surface area (Å²) >= 11 is 0. The van der Waals surface area contributed by atoms with Crippen molar-refractivity contribution in [2.45, 2.75) is 12.0 Å². The average molecular weight is 447 g/mol. The number of anilines is 1. The summed E-state index contributed by atoms with van der Waals surface area (Å²) in [5.74, 6) is 0.641. The normalized spacial score (nSPS) is 16.9. The van der Waals surface area contributed by atoms with Crippen LogP contribution >= 0.6 is 0 Å². The molecule has 3 aromatic carbocycles. The fraction of sp³-hybridized carbons (Fsp3) is 0.231. The van der Waals surface area contributed by atoms with E-state index in [1.165, 1.54) is 19.1 Å². The molecule has 1 atom stereocenters. The summed E-state index contributed by atoms with van der Waals surface area (Å²) in [5, 5.41) is 11.4. The van der Waals surface area contributed by atoms with E-state index >= 15 is 0 Å². The largest absolute Gasteiger partial charge is 0.493 e. The fourth-order valence-electron chi connectivity index (χ4n) is 4.02. The molecule has 0 unspecified atom stereocenters. The summed E-state index contributed by atoms with van der Waals surface area (Å²) in [4.78, 5) is 27.9. The molecule has 0 saturated carbocycles. The first-order valence-electron chi connectivity index (χ1n) is 10.5. The predicted molar refractivity (Wildman–Crippen MR) is 123 cm³/mol. The molecular weight excluding hydrogens is 422 g/mol. The number of hydrogen-bond donors (Lipinski definition) is 1. The van der Waals surface area contributed by atoms with E-state index in [1.807, 2.05) is 30.3 Å². The molecule has 0 saturated heterocycles. The highest BCUT2D eigenvalue weighted by Gasteiger charge is 2.50. The molecule has 1 N–H and O–H groups in total. The number of benzene rings is 3. The number of carbonyl (C=O) groups is 2. The lowest BCUT2D eigenvalue weighted by atomic mass is 9.88. The lowest BCUT2D eigenvalue weighted by molar-refractivity contribution is -0.135. The summed E-state index contributed by atoms with van der Waals surface area (Å²) < 4.78 is 16.2. The van der Waals surface area contributed by atoms with E-state index in [9.17, 15) is 14.7 Å². The van der Waals surface area contributed by atoms with Gasteiger partial charge in [0.15, 0.2) is 22.9 Å². The molecule has 1 aliphatic heterocycles. The minimum absolute atomic E-state index is 0.234. The zero-order valence-electron chi connectivity index (χ0n) is 18.5. The van der Waals surface area contributed by atoms with Gasteiger partial charge in [0, 0.05) is 11.1 Å². The minimum Gasteiger partial charge on any atom is -0.493 e. The predicted octanol–water partition coefficient (Wildman–Crippen LogP) is 3.59. The van der Waals surface area contributed by atoms with Gasteiger partial charge in [-0.15, -0.1) is 0 Å². The minimum atomic E-state index is -1.96. The van der Waals surface area contributed by atoms with Crippen LogP contribution in [-0.4, -0.2) is 44.2 Å². The Morgan fingerprint density at radius 1 is 0.939 bits per heavy atom. The highest BCUT2D eigenvalue weighted by Crippen LogP contribution is 2.43. The molecule has 0 aliphatic carbocycles. The highest BCUT2D eigenvalue weighted by molar-refractivity contribution is 6.10. The van der Waals surface area contributed by atoms with E-state index in [4.69, 9.17) is 14.2 Å². The van der Waals surface area contributed by atoms with Gasteiger partial charge < -0.3 is 24.2 Å². The highest BCUT2D eigenvalue weighted by atomic mass is 16.5. The van der Waals surface area contributed by atoms with Crippen LogP contribution in [0.15, 0.2) is 72.8 Å². The van der Waals surface area contributed by atoms with Crippen LogP contribution in [0.4, 0.5) is 5.69 Å². The second-order valence-electron chi connectivity index (χ2n) is 7.67. The van der Waals surface area contributed by atoms with Crippen LogP contribution < -0.4 is 19.1 Å². The maximum atomic E-state index is 13.3. The summed E-state index contributed by atoms with van der Waals surface area (Å²) in [6, 6.07) is 21.0. The Labute approximate surface area is 192 Å². The van der Waals surface area contributed by atoms with Gasteiger partial charge in [0.2, 0.25) is 0 Å². The number of aliphatic hydroxyl groups is 1. The fourth-order valence-corrected chi connectivity index (χ4v) is 4.02. The zero-order chi connectivity index (χ0) is 23.4. The number of fused-ring (bicyclic) bond motifs is 1. The lowest BCUT2D eigenvalue weighted by Gasteiger charge is -2.23. The van der Waals surface area contributed by atoms with Crippen molar-refractivity contribution in [1.82, 2.24) is 0 Å². The van der Waals surface area contributed by atoms with E-state index < -0.39 is 17.9 Å². The maximum absolute atomic E-state index is 13.3. The first-order chi connectivity index (χ1) is 16.0. The van der Waals surface area contributed by atoms with Crippen LogP contribution in [0.1, 0.15) is 22.3 Å². The molecule has 0 aromatic heterocycles. The number of rotatable bonds is 9. The third kappa shape index (κ3) is 4.27. The number of amides is 1. The molecule has 3 aromatic rings. The molecule has 1 heterocycles. The Morgan fingerprint density at radius 2 is 1.64 bits per heavy atom. The number of para-hydroxylation sites is 2. The smallest absolute Gasteiger partial charge is 0.264 e. The molecule has 0 bridgehead atoms. The van der Waals surface area contributed by atoms with Gasteiger partial charge in [0.1, 0.15) is 12.4 Å². The quantitative estimate of drug-likeness (QED) is 0.505. The number of Topliss-reactive ketones (excluding diaryl/α,β-unsaturated/α-hetero) is 1. The topological polar surface area (TPSA) is 85.3 Å². The van der Waals surface area contributed by atoms with Crippen molar-refractivity contribution in [3.63, 3.8) is 0 Å². The van der Waals surface area contributed by atoms with Gasteiger partial charge >= 0.3 is 0 Å². The monoisotopic (exact) mass is 447 g/mol. The maximum Gasteiger partial charge on any atom is 0.264 e. The molecule has 1 aliphatic rings. The van der Waals surface area contributed by atoms with E-state index in [1.54, 1.807) is 42.5 Å². The van der Waals surface area contributed by atoms with Gasteiger partial charge in [-0.25, -0.2) is 0 Å². The molecule has 1 amide bonds. The van der Waals surface area contributed by atoms with Crippen molar-refractivity contribution >= 4 is 17.4 Å². The summed E-state index contributed by atoms with van der Waals surface area (Å²) in [6.07, 6.45) is -0.394. The van der Waals surface area contributed by atoms with Gasteiger partial charge in [0.05, 0.1) is 32.9 Å².